The maximum absolute atomic E-state index is 13.6. The SMILES string of the molecule is COC(=O)N/N=C(\c1ccc(OC)cc1)[C@H](c1ccc(OC)cc1)[C@]1(O)C(=O)Nc2c(C)cc(Cl)cc21. The summed E-state index contributed by atoms with van der Waals surface area (Å²) in [5.41, 5.74) is 2.89. The number of nitrogens with zero attached hydrogens (tertiary/aromatic N) is 1. The second-order valence-electron chi connectivity index (χ2n) is 8.40. The van der Waals surface area contributed by atoms with Crippen LogP contribution < -0.4 is 20.2 Å². The van der Waals surface area contributed by atoms with E-state index in [0.717, 1.165) is 0 Å². The van der Waals surface area contributed by atoms with Gasteiger partial charge in [-0.05, 0) is 72.1 Å². The van der Waals surface area contributed by atoms with Crippen molar-refractivity contribution in [1.29, 1.82) is 0 Å². The molecule has 0 radical (unpaired) electrons. The number of amides is 2. The van der Waals surface area contributed by atoms with Gasteiger partial charge in [0.15, 0.2) is 5.60 Å². The van der Waals surface area contributed by atoms with Crippen molar-refractivity contribution in [3.63, 3.8) is 0 Å². The van der Waals surface area contributed by atoms with Crippen molar-refractivity contribution in [2.75, 3.05) is 26.6 Å². The van der Waals surface area contributed by atoms with E-state index in [1.54, 1.807) is 67.6 Å². The number of benzene rings is 3. The van der Waals surface area contributed by atoms with E-state index in [0.29, 0.717) is 44.5 Å². The lowest BCUT2D eigenvalue weighted by atomic mass is 9.73. The van der Waals surface area contributed by atoms with Crippen LogP contribution in [0.15, 0.2) is 65.8 Å². The summed E-state index contributed by atoms with van der Waals surface area (Å²) >= 11 is 6.36. The third-order valence-corrected chi connectivity index (χ3v) is 6.49. The van der Waals surface area contributed by atoms with Crippen molar-refractivity contribution in [1.82, 2.24) is 5.43 Å². The zero-order valence-electron chi connectivity index (χ0n) is 20.7. The number of nitrogens with one attached hydrogen (secondary N) is 2. The van der Waals surface area contributed by atoms with Crippen LogP contribution in [0.3, 0.4) is 0 Å². The zero-order chi connectivity index (χ0) is 26.7. The van der Waals surface area contributed by atoms with Crippen molar-refractivity contribution in [2.45, 2.75) is 18.4 Å². The Morgan fingerprint density at radius 2 is 1.62 bits per heavy atom. The van der Waals surface area contributed by atoms with Crippen LogP contribution >= 0.6 is 11.6 Å². The minimum absolute atomic E-state index is 0.196. The molecule has 0 fully saturated rings. The van der Waals surface area contributed by atoms with Crippen LogP contribution in [0.25, 0.3) is 0 Å². The van der Waals surface area contributed by atoms with E-state index in [9.17, 15) is 14.7 Å². The van der Waals surface area contributed by atoms with Gasteiger partial charge in [-0.2, -0.15) is 5.10 Å². The molecule has 1 aliphatic rings. The maximum Gasteiger partial charge on any atom is 0.427 e. The topological polar surface area (TPSA) is 118 Å². The van der Waals surface area contributed by atoms with Crippen LogP contribution in [0.1, 0.15) is 28.2 Å². The summed E-state index contributed by atoms with van der Waals surface area (Å²) in [6.45, 7) is 1.79. The molecule has 0 saturated carbocycles. The Balaban J connectivity index is 2.00. The summed E-state index contributed by atoms with van der Waals surface area (Å²) in [6.07, 6.45) is -0.818. The number of hydrazone groups is 1. The van der Waals surface area contributed by atoms with Gasteiger partial charge in [0, 0.05) is 10.6 Å². The molecule has 0 bridgehead atoms. The summed E-state index contributed by atoms with van der Waals surface area (Å²) in [4.78, 5) is 25.6. The largest absolute Gasteiger partial charge is 0.497 e. The molecule has 0 aliphatic carbocycles. The first-order valence-corrected chi connectivity index (χ1v) is 11.6. The molecule has 37 heavy (non-hydrogen) atoms. The van der Waals surface area contributed by atoms with Crippen LogP contribution in [-0.4, -0.2) is 44.1 Å². The molecule has 0 aromatic heterocycles. The molecule has 1 heterocycles. The number of carbonyl (C=O) groups excluding carboxylic acids is 2. The van der Waals surface area contributed by atoms with Gasteiger partial charge in [0.25, 0.3) is 5.91 Å². The van der Waals surface area contributed by atoms with E-state index < -0.39 is 23.5 Å². The van der Waals surface area contributed by atoms with Gasteiger partial charge < -0.3 is 24.6 Å². The lowest BCUT2D eigenvalue weighted by Gasteiger charge is -2.33. The highest BCUT2D eigenvalue weighted by Gasteiger charge is 2.54. The highest BCUT2D eigenvalue weighted by Crippen LogP contribution is 2.49. The normalized spacial score (nSPS) is 17.5. The Morgan fingerprint density at radius 3 is 2.19 bits per heavy atom. The smallest absolute Gasteiger partial charge is 0.427 e. The fourth-order valence-corrected chi connectivity index (χ4v) is 4.70. The lowest BCUT2D eigenvalue weighted by Crippen LogP contribution is -2.44. The molecule has 0 saturated heterocycles. The number of fused-ring (bicyclic) bond motifs is 1. The summed E-state index contributed by atoms with van der Waals surface area (Å²) in [6, 6.07) is 17.0. The standard InChI is InChI=1S/C27H26ClN3O6/c1-15-13-18(28)14-21-23(15)29-25(32)27(21,34)22(16-5-9-19(35-2)10-6-16)24(30-31-26(33)37-4)17-7-11-20(36-3)12-8-17/h5-14,22,34H,1-4H3,(H,29,32)(H,31,33)/b30-24+/t22-,27-/m0/s1. The van der Waals surface area contributed by atoms with E-state index >= 15 is 0 Å². The molecule has 0 unspecified atom stereocenters. The highest BCUT2D eigenvalue weighted by molar-refractivity contribution is 6.31. The number of hydrogen-bond acceptors (Lipinski definition) is 7. The van der Waals surface area contributed by atoms with E-state index in [2.05, 4.69) is 15.8 Å². The maximum atomic E-state index is 13.6. The third-order valence-electron chi connectivity index (χ3n) is 6.27. The van der Waals surface area contributed by atoms with Gasteiger partial charge in [-0.3, -0.25) is 4.79 Å². The predicted octanol–water partition coefficient (Wildman–Crippen LogP) is 4.35. The molecule has 1 aliphatic heterocycles. The zero-order valence-corrected chi connectivity index (χ0v) is 21.4. The first-order valence-electron chi connectivity index (χ1n) is 11.3. The van der Waals surface area contributed by atoms with E-state index in [-0.39, 0.29) is 5.71 Å². The van der Waals surface area contributed by atoms with Gasteiger partial charge in [0.1, 0.15) is 11.5 Å². The van der Waals surface area contributed by atoms with E-state index in [1.807, 2.05) is 0 Å². The highest BCUT2D eigenvalue weighted by atomic mass is 35.5. The summed E-state index contributed by atoms with van der Waals surface area (Å²) < 4.78 is 15.3. The molecule has 0 spiro atoms. The molecule has 2 amide bonds. The lowest BCUT2D eigenvalue weighted by molar-refractivity contribution is -0.134. The van der Waals surface area contributed by atoms with Gasteiger partial charge in [0.05, 0.1) is 38.6 Å². The average molecular weight is 524 g/mol. The monoisotopic (exact) mass is 523 g/mol. The Bertz CT molecular complexity index is 1360. The summed E-state index contributed by atoms with van der Waals surface area (Å²) in [7, 11) is 4.28. The number of methoxy groups -OCH3 is 3. The van der Waals surface area contributed by atoms with Gasteiger partial charge in [-0.15, -0.1) is 0 Å². The molecule has 3 aromatic carbocycles. The van der Waals surface area contributed by atoms with Crippen LogP contribution in [0.4, 0.5) is 10.5 Å². The van der Waals surface area contributed by atoms with Crippen molar-refractivity contribution < 1.29 is 28.9 Å². The number of rotatable bonds is 7. The molecule has 4 rings (SSSR count). The quantitative estimate of drug-likeness (QED) is 0.313. The Labute approximate surface area is 219 Å². The molecule has 2 atom stereocenters. The van der Waals surface area contributed by atoms with Crippen LogP contribution in [0.5, 0.6) is 11.5 Å². The van der Waals surface area contributed by atoms with Crippen molar-refractivity contribution >= 4 is 35.0 Å². The molecule has 3 aromatic rings. The van der Waals surface area contributed by atoms with Crippen molar-refractivity contribution in [2.24, 2.45) is 5.10 Å². The van der Waals surface area contributed by atoms with Crippen LogP contribution in [0.2, 0.25) is 5.02 Å². The van der Waals surface area contributed by atoms with Crippen molar-refractivity contribution in [3.8, 4) is 11.5 Å². The Hall–Kier alpha value is -4.08. The fourth-order valence-electron chi connectivity index (χ4n) is 4.43. The number of halogens is 1. The van der Waals surface area contributed by atoms with Crippen LogP contribution in [-0.2, 0) is 15.1 Å². The molecule has 10 heteroatoms. The number of hydrogen-bond donors (Lipinski definition) is 3. The summed E-state index contributed by atoms with van der Waals surface area (Å²) in [5.74, 6) is -0.577. The number of aryl methyl sites for hydroxylation is 1. The number of aliphatic hydroxyl groups is 1. The molecular formula is C27H26ClN3O6. The van der Waals surface area contributed by atoms with E-state index in [4.69, 9.17) is 25.8 Å². The minimum atomic E-state index is -2.14. The van der Waals surface area contributed by atoms with Crippen molar-refractivity contribution in [3.05, 3.63) is 87.9 Å². The predicted molar refractivity (Wildman–Crippen MR) is 140 cm³/mol. The first kappa shape index (κ1) is 26.0. The molecule has 192 valence electrons. The number of carbonyl (C=O) groups is 2. The summed E-state index contributed by atoms with van der Waals surface area (Å²) in [5, 5.41) is 19.8. The van der Waals surface area contributed by atoms with Gasteiger partial charge in [-0.25, -0.2) is 10.2 Å². The fraction of sp³-hybridized carbons (Fsp3) is 0.222. The average Bonchev–Trinajstić information content (AvgIpc) is 3.17. The molecule has 3 N–H and O–H groups in total. The van der Waals surface area contributed by atoms with E-state index in [1.165, 1.54) is 21.3 Å². The minimum Gasteiger partial charge on any atom is -0.497 e. The van der Waals surface area contributed by atoms with Gasteiger partial charge >= 0.3 is 6.09 Å². The first-order chi connectivity index (χ1) is 17.7. The number of ether oxygens (including phenoxy) is 3. The molecule has 9 nitrogen and oxygen atoms in total. The number of anilines is 1. The second kappa shape index (κ2) is 10.5. The Morgan fingerprint density at radius 1 is 1.03 bits per heavy atom. The van der Waals surface area contributed by atoms with Crippen LogP contribution in [0, 0.1) is 6.92 Å². The Kier molecular flexibility index (Phi) is 7.37. The van der Waals surface area contributed by atoms with Gasteiger partial charge in [-0.1, -0.05) is 23.7 Å². The molecular weight excluding hydrogens is 498 g/mol. The third kappa shape index (κ3) is 4.83. The second-order valence-corrected chi connectivity index (χ2v) is 8.84. The van der Waals surface area contributed by atoms with Gasteiger partial charge in [0.2, 0.25) is 0 Å².